The number of rotatable bonds is 4. The maximum atomic E-state index is 12.5. The van der Waals surface area contributed by atoms with Gasteiger partial charge >= 0.3 is 5.76 Å². The average molecular weight is 350 g/mol. The number of halogens is 2. The van der Waals surface area contributed by atoms with Crippen molar-refractivity contribution < 1.29 is 17.2 Å². The van der Waals surface area contributed by atoms with Gasteiger partial charge in [0.05, 0.1) is 4.90 Å². The summed E-state index contributed by atoms with van der Waals surface area (Å²) in [5.41, 5.74) is 3.12. The lowest BCUT2D eigenvalue weighted by molar-refractivity contribution is 0.234. The van der Waals surface area contributed by atoms with E-state index in [9.17, 15) is 17.2 Å². The van der Waals surface area contributed by atoms with E-state index in [0.29, 0.717) is 6.54 Å². The van der Waals surface area contributed by atoms with Crippen molar-refractivity contribution in [2.24, 2.45) is 0 Å². The molecule has 3 rings (SSSR count). The van der Waals surface area contributed by atoms with E-state index in [1.165, 1.54) is 17.7 Å². The molecule has 0 bridgehead atoms. The van der Waals surface area contributed by atoms with Gasteiger partial charge in [-0.05, 0) is 47.9 Å². The molecule has 0 radical (unpaired) electrons. The first kappa shape index (κ1) is 16.6. The lowest BCUT2D eigenvalue weighted by Gasteiger charge is -2.28. The van der Waals surface area contributed by atoms with Gasteiger partial charge in [-0.3, -0.25) is 4.98 Å². The Morgan fingerprint density at radius 3 is 2.42 bits per heavy atom. The van der Waals surface area contributed by atoms with Gasteiger partial charge in [0.25, 0.3) is 0 Å². The standard InChI is InChI=1S/C17H16F2N2O2S/c18-17(19)24(22,23)16-5-3-15(4-6-16)21-10-7-13(8-11-21)14-2-1-9-20-12-14/h1-7,9,12,17H,8,10-11H2. The lowest BCUT2D eigenvalue weighted by atomic mass is 10.0. The van der Waals surface area contributed by atoms with E-state index < -0.39 is 15.6 Å². The van der Waals surface area contributed by atoms with Crippen LogP contribution >= 0.6 is 0 Å². The van der Waals surface area contributed by atoms with E-state index in [-0.39, 0.29) is 4.90 Å². The van der Waals surface area contributed by atoms with Crippen LogP contribution in [0, 0.1) is 0 Å². The largest absolute Gasteiger partial charge is 0.367 e. The fourth-order valence-corrected chi connectivity index (χ4v) is 3.39. The highest BCUT2D eigenvalue weighted by molar-refractivity contribution is 7.91. The number of aromatic nitrogens is 1. The molecule has 0 aliphatic carbocycles. The quantitative estimate of drug-likeness (QED) is 0.848. The van der Waals surface area contributed by atoms with Crippen LogP contribution in [0.25, 0.3) is 5.57 Å². The predicted molar refractivity (Wildman–Crippen MR) is 88.7 cm³/mol. The van der Waals surface area contributed by atoms with Gasteiger partial charge < -0.3 is 4.90 Å². The Morgan fingerprint density at radius 2 is 1.88 bits per heavy atom. The predicted octanol–water partition coefficient (Wildman–Crippen LogP) is 3.37. The van der Waals surface area contributed by atoms with Crippen LogP contribution in [0.3, 0.4) is 0 Å². The zero-order chi connectivity index (χ0) is 17.2. The molecule has 1 aromatic carbocycles. The summed E-state index contributed by atoms with van der Waals surface area (Å²) in [7, 11) is -4.54. The summed E-state index contributed by atoms with van der Waals surface area (Å²) < 4.78 is 48.0. The summed E-state index contributed by atoms with van der Waals surface area (Å²) in [5, 5.41) is 0. The molecule has 0 N–H and O–H groups in total. The third kappa shape index (κ3) is 3.31. The first-order chi connectivity index (χ1) is 11.5. The molecule has 2 aromatic rings. The van der Waals surface area contributed by atoms with Gasteiger partial charge in [-0.25, -0.2) is 8.42 Å². The number of benzene rings is 1. The molecule has 0 unspecified atom stereocenters. The minimum atomic E-state index is -4.54. The van der Waals surface area contributed by atoms with Crippen molar-refractivity contribution in [3.8, 4) is 0 Å². The van der Waals surface area contributed by atoms with E-state index in [0.717, 1.165) is 24.2 Å². The molecule has 0 saturated carbocycles. The van der Waals surface area contributed by atoms with Crippen LogP contribution in [-0.4, -0.2) is 32.2 Å². The van der Waals surface area contributed by atoms with Gasteiger partial charge in [-0.15, -0.1) is 0 Å². The smallest absolute Gasteiger partial charge is 0.341 e. The maximum absolute atomic E-state index is 12.5. The number of nitrogens with zero attached hydrogens (tertiary/aromatic N) is 2. The van der Waals surface area contributed by atoms with E-state index in [1.54, 1.807) is 18.3 Å². The Hall–Kier alpha value is -2.28. The molecule has 4 nitrogen and oxygen atoms in total. The molecule has 126 valence electrons. The van der Waals surface area contributed by atoms with Crippen LogP contribution in [0.1, 0.15) is 12.0 Å². The van der Waals surface area contributed by atoms with Crippen molar-refractivity contribution in [2.75, 3.05) is 18.0 Å². The molecular formula is C17H16F2N2O2S. The van der Waals surface area contributed by atoms with Crippen molar-refractivity contribution >= 4 is 21.1 Å². The Morgan fingerprint density at radius 1 is 1.12 bits per heavy atom. The second-order valence-corrected chi connectivity index (χ2v) is 7.38. The summed E-state index contributed by atoms with van der Waals surface area (Å²) >= 11 is 0. The molecule has 1 aliphatic heterocycles. The average Bonchev–Trinajstić information content (AvgIpc) is 2.62. The summed E-state index contributed by atoms with van der Waals surface area (Å²) in [6.07, 6.45) is 6.49. The van der Waals surface area contributed by atoms with E-state index >= 15 is 0 Å². The van der Waals surface area contributed by atoms with Gasteiger partial charge in [0, 0.05) is 31.2 Å². The zero-order valence-electron chi connectivity index (χ0n) is 12.8. The first-order valence-corrected chi connectivity index (χ1v) is 8.99. The van der Waals surface area contributed by atoms with Crippen LogP contribution in [0.15, 0.2) is 59.8 Å². The molecule has 0 atom stereocenters. The van der Waals surface area contributed by atoms with Gasteiger partial charge in [0.15, 0.2) is 0 Å². The second kappa shape index (κ2) is 6.68. The molecule has 0 amide bonds. The number of hydrogen-bond acceptors (Lipinski definition) is 4. The maximum Gasteiger partial charge on any atom is 0.341 e. The number of pyridine rings is 1. The summed E-state index contributed by atoms with van der Waals surface area (Å²) in [5.74, 6) is -3.40. The van der Waals surface area contributed by atoms with Crippen molar-refractivity contribution in [1.29, 1.82) is 0 Å². The summed E-state index contributed by atoms with van der Waals surface area (Å²) in [4.78, 5) is 5.82. The van der Waals surface area contributed by atoms with Crippen molar-refractivity contribution in [3.63, 3.8) is 0 Å². The third-order valence-corrected chi connectivity index (χ3v) is 5.40. The van der Waals surface area contributed by atoms with Crippen molar-refractivity contribution in [2.45, 2.75) is 17.1 Å². The monoisotopic (exact) mass is 350 g/mol. The van der Waals surface area contributed by atoms with E-state index in [1.807, 2.05) is 18.3 Å². The summed E-state index contributed by atoms with van der Waals surface area (Å²) in [6, 6.07) is 9.51. The van der Waals surface area contributed by atoms with Crippen molar-refractivity contribution in [3.05, 3.63) is 60.4 Å². The lowest BCUT2D eigenvalue weighted by Crippen LogP contribution is -2.28. The number of sulfone groups is 1. The SMILES string of the molecule is O=S(=O)(c1ccc(N2CC=C(c3cccnc3)CC2)cc1)C(F)F. The van der Waals surface area contributed by atoms with Gasteiger partial charge in [-0.2, -0.15) is 8.78 Å². The molecule has 24 heavy (non-hydrogen) atoms. The minimum Gasteiger partial charge on any atom is -0.367 e. The highest BCUT2D eigenvalue weighted by Gasteiger charge is 2.26. The highest BCUT2D eigenvalue weighted by atomic mass is 32.2. The molecule has 1 aliphatic rings. The molecular weight excluding hydrogens is 334 g/mol. The van der Waals surface area contributed by atoms with Crippen LogP contribution in [-0.2, 0) is 9.84 Å². The van der Waals surface area contributed by atoms with Crippen molar-refractivity contribution in [1.82, 2.24) is 4.98 Å². The third-order valence-electron chi connectivity index (χ3n) is 4.01. The number of alkyl halides is 2. The topological polar surface area (TPSA) is 50.3 Å². The molecule has 0 spiro atoms. The fraction of sp³-hybridized carbons (Fsp3) is 0.235. The Kier molecular flexibility index (Phi) is 4.62. The number of hydrogen-bond donors (Lipinski definition) is 0. The zero-order valence-corrected chi connectivity index (χ0v) is 13.6. The second-order valence-electron chi connectivity index (χ2n) is 5.47. The molecule has 7 heteroatoms. The minimum absolute atomic E-state index is 0.357. The number of anilines is 1. The van der Waals surface area contributed by atoms with Crippen LogP contribution in [0.5, 0.6) is 0 Å². The fourth-order valence-electron chi connectivity index (χ4n) is 2.67. The first-order valence-electron chi connectivity index (χ1n) is 7.45. The van der Waals surface area contributed by atoms with Crippen LogP contribution < -0.4 is 4.90 Å². The van der Waals surface area contributed by atoms with Gasteiger partial charge in [-0.1, -0.05) is 12.1 Å². The normalized spacial score (nSPS) is 15.5. The Labute approximate surface area is 139 Å². The van der Waals surface area contributed by atoms with Gasteiger partial charge in [0.2, 0.25) is 9.84 Å². The van der Waals surface area contributed by atoms with Gasteiger partial charge in [0.1, 0.15) is 0 Å². The Bertz CT molecular complexity index is 835. The molecule has 2 heterocycles. The van der Waals surface area contributed by atoms with E-state index in [4.69, 9.17) is 0 Å². The molecule has 0 fully saturated rings. The highest BCUT2D eigenvalue weighted by Crippen LogP contribution is 2.27. The van der Waals surface area contributed by atoms with Crippen LogP contribution in [0.2, 0.25) is 0 Å². The molecule has 1 aromatic heterocycles. The molecule has 0 saturated heterocycles. The van der Waals surface area contributed by atoms with Crippen LogP contribution in [0.4, 0.5) is 14.5 Å². The van der Waals surface area contributed by atoms with E-state index in [2.05, 4.69) is 16.0 Å². The summed E-state index contributed by atoms with van der Waals surface area (Å²) in [6.45, 7) is 1.44. The Balaban J connectivity index is 1.74.